The molecule has 0 saturated heterocycles. The van der Waals surface area contributed by atoms with Gasteiger partial charge in [-0.05, 0) is 40.7 Å². The van der Waals surface area contributed by atoms with Crippen molar-refractivity contribution in [2.75, 3.05) is 13.7 Å². The van der Waals surface area contributed by atoms with Crippen LogP contribution in [0.5, 0.6) is 5.75 Å². The second-order valence-electron chi connectivity index (χ2n) is 6.43. The minimum atomic E-state index is -0.771. The van der Waals surface area contributed by atoms with E-state index in [0.29, 0.717) is 6.54 Å². The molecule has 118 valence electrons. The SMILES string of the molecule is COc1ccc(C)cc1C(C)N(CCC(=O)O)C(C)(C)C. The van der Waals surface area contributed by atoms with Crippen LogP contribution >= 0.6 is 0 Å². The molecule has 1 aromatic rings. The van der Waals surface area contributed by atoms with Crippen LogP contribution in [0.15, 0.2) is 18.2 Å². The molecule has 21 heavy (non-hydrogen) atoms. The van der Waals surface area contributed by atoms with Gasteiger partial charge >= 0.3 is 5.97 Å². The first-order valence-electron chi connectivity index (χ1n) is 7.30. The Morgan fingerprint density at radius 2 is 2.00 bits per heavy atom. The van der Waals surface area contributed by atoms with Crippen molar-refractivity contribution in [1.29, 1.82) is 0 Å². The largest absolute Gasteiger partial charge is 0.496 e. The third kappa shape index (κ3) is 4.74. The topological polar surface area (TPSA) is 49.8 Å². The summed E-state index contributed by atoms with van der Waals surface area (Å²) in [5.41, 5.74) is 2.14. The molecule has 0 fully saturated rings. The molecular weight excluding hydrogens is 266 g/mol. The number of benzene rings is 1. The van der Waals surface area contributed by atoms with Gasteiger partial charge in [0.25, 0.3) is 0 Å². The molecule has 0 aliphatic heterocycles. The maximum Gasteiger partial charge on any atom is 0.304 e. The number of carboxylic acids is 1. The number of hydrogen-bond acceptors (Lipinski definition) is 3. The molecule has 0 aromatic heterocycles. The first-order valence-corrected chi connectivity index (χ1v) is 7.30. The van der Waals surface area contributed by atoms with Crippen LogP contribution in [0.2, 0.25) is 0 Å². The van der Waals surface area contributed by atoms with Crippen LogP contribution in [0.3, 0.4) is 0 Å². The lowest BCUT2D eigenvalue weighted by Crippen LogP contribution is -2.44. The summed E-state index contributed by atoms with van der Waals surface area (Å²) in [4.78, 5) is 13.1. The van der Waals surface area contributed by atoms with E-state index in [2.05, 4.69) is 38.7 Å². The normalized spacial score (nSPS) is 13.3. The number of carboxylic acid groups (broad SMARTS) is 1. The molecule has 0 radical (unpaired) electrons. The van der Waals surface area contributed by atoms with E-state index in [9.17, 15) is 4.79 Å². The van der Waals surface area contributed by atoms with Crippen LogP contribution in [-0.4, -0.2) is 35.2 Å². The smallest absolute Gasteiger partial charge is 0.304 e. The third-order valence-corrected chi connectivity index (χ3v) is 3.73. The highest BCUT2D eigenvalue weighted by Crippen LogP contribution is 2.34. The predicted octanol–water partition coefficient (Wildman–Crippen LogP) is 3.64. The molecule has 0 aliphatic carbocycles. The van der Waals surface area contributed by atoms with Crippen molar-refractivity contribution in [3.05, 3.63) is 29.3 Å². The van der Waals surface area contributed by atoms with Crippen LogP contribution < -0.4 is 4.74 Å². The van der Waals surface area contributed by atoms with Gasteiger partial charge in [-0.2, -0.15) is 0 Å². The average molecular weight is 293 g/mol. The van der Waals surface area contributed by atoms with Gasteiger partial charge in [0.2, 0.25) is 0 Å². The van der Waals surface area contributed by atoms with Crippen LogP contribution in [0.1, 0.15) is 51.3 Å². The van der Waals surface area contributed by atoms with Gasteiger partial charge in [-0.25, -0.2) is 0 Å². The number of hydrogen-bond donors (Lipinski definition) is 1. The molecule has 0 bridgehead atoms. The van der Waals surface area contributed by atoms with E-state index in [1.807, 2.05) is 19.1 Å². The second kappa shape index (κ2) is 6.94. The quantitative estimate of drug-likeness (QED) is 0.870. The molecule has 0 heterocycles. The van der Waals surface area contributed by atoms with E-state index >= 15 is 0 Å². The fourth-order valence-corrected chi connectivity index (χ4v) is 2.67. The van der Waals surface area contributed by atoms with Crippen molar-refractivity contribution in [2.24, 2.45) is 0 Å². The van der Waals surface area contributed by atoms with Gasteiger partial charge in [-0.3, -0.25) is 9.69 Å². The maximum atomic E-state index is 10.9. The number of nitrogens with zero attached hydrogens (tertiary/aromatic N) is 1. The lowest BCUT2D eigenvalue weighted by Gasteiger charge is -2.40. The lowest BCUT2D eigenvalue weighted by atomic mass is 9.96. The van der Waals surface area contributed by atoms with Gasteiger partial charge in [0.1, 0.15) is 5.75 Å². The molecular formula is C17H27NO3. The van der Waals surface area contributed by atoms with Gasteiger partial charge in [-0.1, -0.05) is 17.7 Å². The zero-order valence-corrected chi connectivity index (χ0v) is 13.9. The number of aliphatic carboxylic acids is 1. The van der Waals surface area contributed by atoms with Gasteiger partial charge in [0.05, 0.1) is 13.5 Å². The molecule has 1 unspecified atom stereocenters. The molecule has 0 aliphatic rings. The first kappa shape index (κ1) is 17.5. The lowest BCUT2D eigenvalue weighted by molar-refractivity contribution is -0.137. The Labute approximate surface area is 127 Å². The molecule has 1 aromatic carbocycles. The van der Waals surface area contributed by atoms with E-state index in [4.69, 9.17) is 9.84 Å². The number of carbonyl (C=O) groups is 1. The van der Waals surface area contributed by atoms with Crippen LogP contribution in [0, 0.1) is 6.92 Å². The molecule has 1 rings (SSSR count). The highest BCUT2D eigenvalue weighted by atomic mass is 16.5. The van der Waals surface area contributed by atoms with Gasteiger partial charge in [0, 0.05) is 23.7 Å². The average Bonchev–Trinajstić information content (AvgIpc) is 2.36. The number of rotatable bonds is 6. The number of ether oxygens (including phenoxy) is 1. The molecule has 0 amide bonds. The highest BCUT2D eigenvalue weighted by Gasteiger charge is 2.29. The van der Waals surface area contributed by atoms with Gasteiger partial charge in [0.15, 0.2) is 0 Å². The molecule has 0 spiro atoms. The van der Waals surface area contributed by atoms with Gasteiger partial charge in [-0.15, -0.1) is 0 Å². The van der Waals surface area contributed by atoms with Crippen LogP contribution in [0.25, 0.3) is 0 Å². The summed E-state index contributed by atoms with van der Waals surface area (Å²) in [7, 11) is 1.67. The van der Waals surface area contributed by atoms with E-state index in [-0.39, 0.29) is 18.0 Å². The first-order chi connectivity index (χ1) is 9.66. The Hall–Kier alpha value is -1.55. The molecule has 0 saturated carbocycles. The summed E-state index contributed by atoms with van der Waals surface area (Å²) in [6.45, 7) is 11.0. The predicted molar refractivity (Wildman–Crippen MR) is 84.9 cm³/mol. The summed E-state index contributed by atoms with van der Waals surface area (Å²) in [6, 6.07) is 6.19. The fraction of sp³-hybridized carbons (Fsp3) is 0.588. The minimum Gasteiger partial charge on any atom is -0.496 e. The van der Waals surface area contributed by atoms with Gasteiger partial charge < -0.3 is 9.84 Å². The summed E-state index contributed by atoms with van der Waals surface area (Å²) in [5, 5.41) is 8.97. The Morgan fingerprint density at radius 3 is 2.48 bits per heavy atom. The second-order valence-corrected chi connectivity index (χ2v) is 6.43. The van der Waals surface area contributed by atoms with Crippen LogP contribution in [-0.2, 0) is 4.79 Å². The summed E-state index contributed by atoms with van der Waals surface area (Å²) in [6.07, 6.45) is 0.135. The summed E-state index contributed by atoms with van der Waals surface area (Å²) in [5.74, 6) is 0.0744. The molecule has 4 heteroatoms. The number of aryl methyl sites for hydroxylation is 1. The standard InChI is InChI=1S/C17H27NO3/c1-12-7-8-15(21-6)14(11-12)13(2)18(17(3,4)5)10-9-16(19)20/h7-8,11,13H,9-10H2,1-6H3,(H,19,20). The van der Waals surface area contributed by atoms with Crippen molar-refractivity contribution < 1.29 is 14.6 Å². The fourth-order valence-electron chi connectivity index (χ4n) is 2.67. The maximum absolute atomic E-state index is 10.9. The van der Waals surface area contributed by atoms with E-state index in [1.165, 1.54) is 5.56 Å². The zero-order chi connectivity index (χ0) is 16.2. The van der Waals surface area contributed by atoms with E-state index in [0.717, 1.165) is 11.3 Å². The Morgan fingerprint density at radius 1 is 1.38 bits per heavy atom. The Kier molecular flexibility index (Phi) is 5.78. The molecule has 1 N–H and O–H groups in total. The minimum absolute atomic E-state index is 0.0826. The van der Waals surface area contributed by atoms with Crippen molar-refractivity contribution in [2.45, 2.75) is 52.6 Å². The number of methoxy groups -OCH3 is 1. The summed E-state index contributed by atoms with van der Waals surface area (Å²) >= 11 is 0. The Bertz CT molecular complexity index is 491. The molecule has 4 nitrogen and oxygen atoms in total. The van der Waals surface area contributed by atoms with E-state index < -0.39 is 5.97 Å². The van der Waals surface area contributed by atoms with Crippen molar-refractivity contribution in [1.82, 2.24) is 4.90 Å². The molecule has 1 atom stereocenters. The van der Waals surface area contributed by atoms with Crippen molar-refractivity contribution in [3.63, 3.8) is 0 Å². The third-order valence-electron chi connectivity index (χ3n) is 3.73. The monoisotopic (exact) mass is 293 g/mol. The Balaban J connectivity index is 3.12. The summed E-state index contributed by atoms with van der Waals surface area (Å²) < 4.78 is 5.47. The highest BCUT2D eigenvalue weighted by molar-refractivity contribution is 5.66. The van der Waals surface area contributed by atoms with E-state index in [1.54, 1.807) is 7.11 Å². The zero-order valence-electron chi connectivity index (χ0n) is 13.9. The van der Waals surface area contributed by atoms with Crippen LogP contribution in [0.4, 0.5) is 0 Å². The van der Waals surface area contributed by atoms with Crippen molar-refractivity contribution in [3.8, 4) is 5.75 Å². The van der Waals surface area contributed by atoms with Crippen molar-refractivity contribution >= 4 is 5.97 Å².